The summed E-state index contributed by atoms with van der Waals surface area (Å²) in [6, 6.07) is 9.30. The minimum atomic E-state index is -0.632. The van der Waals surface area contributed by atoms with Crippen LogP contribution in [0.25, 0.3) is 0 Å². The molecule has 4 nitrogen and oxygen atoms in total. The monoisotopic (exact) mass is 364 g/mol. The fourth-order valence-corrected chi connectivity index (χ4v) is 2.92. The predicted molar refractivity (Wildman–Crippen MR) is 89.6 cm³/mol. The van der Waals surface area contributed by atoms with Gasteiger partial charge < -0.3 is 9.80 Å². The number of amides is 2. The molecule has 1 aliphatic rings. The van der Waals surface area contributed by atoms with Gasteiger partial charge in [0.25, 0.3) is 11.8 Å². The van der Waals surface area contributed by atoms with Crippen LogP contribution in [0.15, 0.2) is 42.5 Å². The van der Waals surface area contributed by atoms with Crippen molar-refractivity contribution in [2.75, 3.05) is 26.2 Å². The van der Waals surface area contributed by atoms with Crippen LogP contribution in [-0.2, 0) is 0 Å². The van der Waals surface area contributed by atoms with Gasteiger partial charge in [-0.25, -0.2) is 8.78 Å². The minimum Gasteiger partial charge on any atom is -0.335 e. The number of hydrogen-bond donors (Lipinski definition) is 0. The van der Waals surface area contributed by atoms with E-state index in [1.165, 1.54) is 35.2 Å². The number of nitrogens with zero attached hydrogens (tertiary/aromatic N) is 2. The first-order valence-corrected chi connectivity index (χ1v) is 8.12. The van der Waals surface area contributed by atoms with Crippen LogP contribution < -0.4 is 0 Å². The summed E-state index contributed by atoms with van der Waals surface area (Å²) in [5, 5.41) is 0.282. The molecule has 0 aromatic heterocycles. The van der Waals surface area contributed by atoms with Gasteiger partial charge in [0.15, 0.2) is 0 Å². The molecule has 0 saturated carbocycles. The number of carbonyl (C=O) groups excluding carboxylic acids is 2. The Labute approximate surface area is 148 Å². The Bertz CT molecular complexity index is 820. The molecule has 1 fully saturated rings. The van der Waals surface area contributed by atoms with Gasteiger partial charge in [-0.2, -0.15) is 0 Å². The summed E-state index contributed by atoms with van der Waals surface area (Å²) in [5.41, 5.74) is 0.179. The van der Waals surface area contributed by atoms with E-state index in [4.69, 9.17) is 11.6 Å². The molecule has 3 rings (SSSR count). The lowest BCUT2D eigenvalue weighted by Gasteiger charge is -2.35. The zero-order valence-electron chi connectivity index (χ0n) is 13.2. The van der Waals surface area contributed by atoms with Gasteiger partial charge in [-0.15, -0.1) is 0 Å². The molecule has 0 spiro atoms. The fraction of sp³-hybridized carbons (Fsp3) is 0.222. The van der Waals surface area contributed by atoms with Crippen LogP contribution in [0, 0.1) is 11.6 Å². The van der Waals surface area contributed by atoms with Gasteiger partial charge in [-0.3, -0.25) is 9.59 Å². The van der Waals surface area contributed by atoms with E-state index in [1.54, 1.807) is 11.0 Å². The highest BCUT2D eigenvalue weighted by Crippen LogP contribution is 2.18. The normalized spacial score (nSPS) is 14.5. The zero-order chi connectivity index (χ0) is 18.0. The maximum atomic E-state index is 13.8. The van der Waals surface area contributed by atoms with Gasteiger partial charge in [0.1, 0.15) is 11.6 Å². The van der Waals surface area contributed by atoms with E-state index >= 15 is 0 Å². The lowest BCUT2D eigenvalue weighted by Crippen LogP contribution is -2.50. The number of carbonyl (C=O) groups is 2. The molecule has 1 heterocycles. The van der Waals surface area contributed by atoms with Crippen LogP contribution in [0.4, 0.5) is 8.78 Å². The molecule has 0 radical (unpaired) electrons. The standard InChI is InChI=1S/C18H15ClF2N2O2/c19-13-4-5-16(21)15(11-13)18(25)23-8-6-22(7-9-23)17(24)12-2-1-3-14(20)10-12/h1-5,10-11H,6-9H2. The molecule has 0 N–H and O–H groups in total. The second kappa shape index (κ2) is 7.19. The van der Waals surface area contributed by atoms with Crippen LogP contribution >= 0.6 is 11.6 Å². The predicted octanol–water partition coefficient (Wildman–Crippen LogP) is 3.22. The van der Waals surface area contributed by atoms with E-state index in [-0.39, 0.29) is 35.1 Å². The Hall–Kier alpha value is -2.47. The lowest BCUT2D eigenvalue weighted by atomic mass is 10.1. The Morgan fingerprint density at radius 2 is 1.52 bits per heavy atom. The zero-order valence-corrected chi connectivity index (χ0v) is 14.0. The molecule has 130 valence electrons. The van der Waals surface area contributed by atoms with Crippen molar-refractivity contribution in [3.05, 3.63) is 70.2 Å². The summed E-state index contributed by atoms with van der Waals surface area (Å²) in [6.45, 7) is 1.13. The van der Waals surface area contributed by atoms with Crippen molar-refractivity contribution >= 4 is 23.4 Å². The Balaban J connectivity index is 1.66. The van der Waals surface area contributed by atoms with E-state index in [9.17, 15) is 18.4 Å². The molecule has 1 aliphatic heterocycles. The quantitative estimate of drug-likeness (QED) is 0.821. The first-order valence-electron chi connectivity index (χ1n) is 7.75. The van der Waals surface area contributed by atoms with Gasteiger partial charge in [-0.05, 0) is 36.4 Å². The highest BCUT2D eigenvalue weighted by molar-refractivity contribution is 6.31. The molecular formula is C18H15ClF2N2O2. The third kappa shape index (κ3) is 3.79. The third-order valence-electron chi connectivity index (χ3n) is 4.08. The molecule has 0 atom stereocenters. The molecule has 0 bridgehead atoms. The van der Waals surface area contributed by atoms with Crippen LogP contribution in [-0.4, -0.2) is 47.8 Å². The van der Waals surface area contributed by atoms with Crippen molar-refractivity contribution in [1.82, 2.24) is 9.80 Å². The van der Waals surface area contributed by atoms with Gasteiger partial charge in [-0.1, -0.05) is 17.7 Å². The number of halogens is 3. The van der Waals surface area contributed by atoms with Crippen LogP contribution in [0.2, 0.25) is 5.02 Å². The average molecular weight is 365 g/mol. The molecule has 25 heavy (non-hydrogen) atoms. The summed E-state index contributed by atoms with van der Waals surface area (Å²) in [4.78, 5) is 27.8. The second-order valence-corrected chi connectivity index (χ2v) is 6.16. The van der Waals surface area contributed by atoms with Crippen LogP contribution in [0.5, 0.6) is 0 Å². The Morgan fingerprint density at radius 1 is 0.880 bits per heavy atom. The largest absolute Gasteiger partial charge is 0.335 e. The molecule has 0 aliphatic carbocycles. The average Bonchev–Trinajstić information content (AvgIpc) is 2.62. The van der Waals surface area contributed by atoms with Crippen molar-refractivity contribution in [3.8, 4) is 0 Å². The third-order valence-corrected chi connectivity index (χ3v) is 4.32. The number of hydrogen-bond acceptors (Lipinski definition) is 2. The molecule has 2 aromatic rings. The van der Waals surface area contributed by atoms with Crippen LogP contribution in [0.1, 0.15) is 20.7 Å². The SMILES string of the molecule is O=C(c1cccc(F)c1)N1CCN(C(=O)c2cc(Cl)ccc2F)CC1. The number of rotatable bonds is 2. The van der Waals surface area contributed by atoms with Crippen molar-refractivity contribution in [2.45, 2.75) is 0 Å². The Morgan fingerprint density at radius 3 is 2.16 bits per heavy atom. The Kier molecular flexibility index (Phi) is 4.99. The molecule has 7 heteroatoms. The highest BCUT2D eigenvalue weighted by Gasteiger charge is 2.27. The highest BCUT2D eigenvalue weighted by atomic mass is 35.5. The summed E-state index contributed by atoms with van der Waals surface area (Å²) in [6.07, 6.45) is 0. The van der Waals surface area contributed by atoms with Gasteiger partial charge in [0.05, 0.1) is 5.56 Å². The fourth-order valence-electron chi connectivity index (χ4n) is 2.75. The van der Waals surface area contributed by atoms with Gasteiger partial charge >= 0.3 is 0 Å². The van der Waals surface area contributed by atoms with Crippen LogP contribution in [0.3, 0.4) is 0 Å². The molecule has 2 amide bonds. The van der Waals surface area contributed by atoms with E-state index in [2.05, 4.69) is 0 Å². The maximum Gasteiger partial charge on any atom is 0.257 e. The van der Waals surface area contributed by atoms with Crippen molar-refractivity contribution < 1.29 is 18.4 Å². The van der Waals surface area contributed by atoms with Crippen molar-refractivity contribution in [2.24, 2.45) is 0 Å². The molecule has 2 aromatic carbocycles. The summed E-state index contributed by atoms with van der Waals surface area (Å²) in [7, 11) is 0. The number of benzene rings is 2. The minimum absolute atomic E-state index is 0.0857. The molecule has 1 saturated heterocycles. The van der Waals surface area contributed by atoms with E-state index in [0.29, 0.717) is 13.1 Å². The lowest BCUT2D eigenvalue weighted by molar-refractivity contribution is 0.0532. The second-order valence-electron chi connectivity index (χ2n) is 5.72. The van der Waals surface area contributed by atoms with Crippen molar-refractivity contribution in [3.63, 3.8) is 0 Å². The van der Waals surface area contributed by atoms with Gasteiger partial charge in [0.2, 0.25) is 0 Å². The summed E-state index contributed by atoms with van der Waals surface area (Å²) < 4.78 is 27.1. The summed E-state index contributed by atoms with van der Waals surface area (Å²) in [5.74, 6) is -1.86. The first-order chi connectivity index (χ1) is 12.0. The van der Waals surface area contributed by atoms with E-state index in [0.717, 1.165) is 6.07 Å². The smallest absolute Gasteiger partial charge is 0.257 e. The molecule has 0 unspecified atom stereocenters. The van der Waals surface area contributed by atoms with Gasteiger partial charge in [0, 0.05) is 36.8 Å². The maximum absolute atomic E-state index is 13.8. The van der Waals surface area contributed by atoms with Crippen molar-refractivity contribution in [1.29, 1.82) is 0 Å². The molecular weight excluding hydrogens is 350 g/mol. The summed E-state index contributed by atoms with van der Waals surface area (Å²) >= 11 is 5.82. The van der Waals surface area contributed by atoms with E-state index < -0.39 is 17.5 Å². The topological polar surface area (TPSA) is 40.6 Å². The number of piperazine rings is 1. The first kappa shape index (κ1) is 17.4. The van der Waals surface area contributed by atoms with E-state index in [1.807, 2.05) is 0 Å².